The van der Waals surface area contributed by atoms with E-state index in [9.17, 15) is 40.3 Å². The van der Waals surface area contributed by atoms with Crippen LogP contribution in [0.4, 0.5) is 36.4 Å². The van der Waals surface area contributed by atoms with Crippen molar-refractivity contribution in [2.24, 2.45) is 0 Å². The molecular weight excluding hydrogens is 537 g/mol. The first kappa shape index (κ1) is 27.7. The number of aromatic amines is 1. The lowest BCUT2D eigenvalue weighted by atomic mass is 10.1. The van der Waals surface area contributed by atoms with Crippen LogP contribution in [0.2, 0.25) is 0 Å². The summed E-state index contributed by atoms with van der Waals surface area (Å²) < 4.78 is 93.9. The van der Waals surface area contributed by atoms with Crippen molar-refractivity contribution in [1.29, 1.82) is 0 Å². The minimum Gasteiger partial charge on any atom is -0.381 e. The predicted molar refractivity (Wildman–Crippen MR) is 126 cm³/mol. The molecule has 0 radical (unpaired) electrons. The number of hydrogen-bond donors (Lipinski definition) is 2. The molecule has 4 rings (SSSR count). The Morgan fingerprint density at radius 1 is 1.03 bits per heavy atom. The van der Waals surface area contributed by atoms with Crippen molar-refractivity contribution in [3.05, 3.63) is 80.8 Å². The number of pyridine rings is 1. The zero-order valence-corrected chi connectivity index (χ0v) is 20.0. The quantitative estimate of drug-likeness (QED) is 0.311. The van der Waals surface area contributed by atoms with Crippen molar-refractivity contribution in [2.45, 2.75) is 44.7 Å². The second-order valence-corrected chi connectivity index (χ2v) is 8.69. The van der Waals surface area contributed by atoms with Gasteiger partial charge in [0.2, 0.25) is 0 Å². The smallest absolute Gasteiger partial charge is 0.381 e. The Kier molecular flexibility index (Phi) is 7.44. The van der Waals surface area contributed by atoms with Gasteiger partial charge in [0.1, 0.15) is 11.4 Å². The van der Waals surface area contributed by atoms with Crippen LogP contribution in [-0.2, 0) is 18.9 Å². The molecule has 39 heavy (non-hydrogen) atoms. The molecule has 0 saturated heterocycles. The SMILES string of the molecule is C[C@@H](CCCn1ccc2cc(-c3cnc(C(F)(F)F)cn3)c(F)cc2c1=O)Nc1cn[nH]c(=O)c1C(F)(F)F. The van der Waals surface area contributed by atoms with Crippen LogP contribution in [0.15, 0.2) is 52.6 Å². The van der Waals surface area contributed by atoms with Crippen molar-refractivity contribution in [3.63, 3.8) is 0 Å². The molecular formula is C24H19F7N6O2. The number of benzene rings is 1. The average Bonchev–Trinajstić information content (AvgIpc) is 2.84. The Hall–Kier alpha value is -4.30. The highest BCUT2D eigenvalue weighted by Gasteiger charge is 2.37. The van der Waals surface area contributed by atoms with Gasteiger partial charge in [-0.2, -0.15) is 31.4 Å². The fraction of sp³-hybridized carbons (Fsp3) is 0.292. The molecule has 1 atom stereocenters. The molecule has 1 aromatic carbocycles. The summed E-state index contributed by atoms with van der Waals surface area (Å²) in [5, 5.41) is 8.11. The zero-order valence-electron chi connectivity index (χ0n) is 20.0. The Balaban J connectivity index is 1.47. The van der Waals surface area contributed by atoms with E-state index in [4.69, 9.17) is 0 Å². The van der Waals surface area contributed by atoms with Gasteiger partial charge in [0.05, 0.1) is 35.4 Å². The molecule has 3 heterocycles. The van der Waals surface area contributed by atoms with Crippen molar-refractivity contribution < 1.29 is 30.7 Å². The lowest BCUT2D eigenvalue weighted by Gasteiger charge is -2.18. The maximum Gasteiger partial charge on any atom is 0.434 e. The molecule has 0 amide bonds. The molecule has 15 heteroatoms. The number of halogens is 7. The molecule has 4 aromatic rings. The number of hydrogen-bond acceptors (Lipinski definition) is 6. The Morgan fingerprint density at radius 3 is 2.41 bits per heavy atom. The number of aromatic nitrogens is 5. The number of nitrogens with zero attached hydrogens (tertiary/aromatic N) is 4. The number of H-pyrrole nitrogens is 1. The van der Waals surface area contributed by atoms with Crippen molar-refractivity contribution in [2.75, 3.05) is 5.32 Å². The average molecular weight is 556 g/mol. The van der Waals surface area contributed by atoms with Crippen LogP contribution in [-0.4, -0.2) is 30.8 Å². The van der Waals surface area contributed by atoms with Gasteiger partial charge < -0.3 is 9.88 Å². The van der Waals surface area contributed by atoms with Crippen LogP contribution in [0.25, 0.3) is 22.0 Å². The van der Waals surface area contributed by atoms with Crippen LogP contribution < -0.4 is 16.4 Å². The second kappa shape index (κ2) is 10.5. The molecule has 0 aliphatic heterocycles. The van der Waals surface area contributed by atoms with E-state index in [1.807, 2.05) is 0 Å². The molecule has 0 saturated carbocycles. The third-order valence-corrected chi connectivity index (χ3v) is 5.86. The van der Waals surface area contributed by atoms with Crippen molar-refractivity contribution in [3.8, 4) is 11.3 Å². The van der Waals surface area contributed by atoms with E-state index in [-0.39, 0.29) is 23.2 Å². The van der Waals surface area contributed by atoms with E-state index in [2.05, 4.69) is 20.4 Å². The highest BCUT2D eigenvalue weighted by Crippen LogP contribution is 2.32. The van der Waals surface area contributed by atoms with Gasteiger partial charge in [0.25, 0.3) is 11.1 Å². The number of rotatable bonds is 7. The summed E-state index contributed by atoms with van der Waals surface area (Å²) in [5.74, 6) is -0.879. The summed E-state index contributed by atoms with van der Waals surface area (Å²) in [6.07, 6.45) is -5.32. The fourth-order valence-electron chi connectivity index (χ4n) is 3.99. The van der Waals surface area contributed by atoms with Gasteiger partial charge in [0, 0.05) is 24.3 Å². The first-order chi connectivity index (χ1) is 18.3. The molecule has 0 aliphatic carbocycles. The maximum atomic E-state index is 14.8. The van der Waals surface area contributed by atoms with Crippen LogP contribution >= 0.6 is 0 Å². The van der Waals surface area contributed by atoms with E-state index in [0.29, 0.717) is 24.4 Å². The number of aryl methyl sites for hydroxylation is 1. The second-order valence-electron chi connectivity index (χ2n) is 8.69. The van der Waals surface area contributed by atoms with Gasteiger partial charge >= 0.3 is 12.4 Å². The monoisotopic (exact) mass is 556 g/mol. The molecule has 0 spiro atoms. The maximum absolute atomic E-state index is 14.8. The molecule has 206 valence electrons. The lowest BCUT2D eigenvalue weighted by molar-refractivity contribution is -0.141. The van der Waals surface area contributed by atoms with Gasteiger partial charge in [-0.3, -0.25) is 14.6 Å². The van der Waals surface area contributed by atoms with Crippen LogP contribution in [0, 0.1) is 5.82 Å². The zero-order chi connectivity index (χ0) is 28.5. The molecule has 2 N–H and O–H groups in total. The summed E-state index contributed by atoms with van der Waals surface area (Å²) in [4.78, 5) is 31.4. The van der Waals surface area contributed by atoms with Gasteiger partial charge in [-0.1, -0.05) is 0 Å². The number of alkyl halides is 6. The summed E-state index contributed by atoms with van der Waals surface area (Å²) in [6, 6.07) is 3.26. The van der Waals surface area contributed by atoms with Crippen molar-refractivity contribution in [1.82, 2.24) is 24.7 Å². The molecule has 3 aromatic heterocycles. The normalized spacial score (nSPS) is 13.0. The third kappa shape index (κ3) is 6.07. The molecule has 0 unspecified atom stereocenters. The van der Waals surface area contributed by atoms with Crippen LogP contribution in [0.3, 0.4) is 0 Å². The summed E-state index contributed by atoms with van der Waals surface area (Å²) >= 11 is 0. The van der Waals surface area contributed by atoms with E-state index >= 15 is 0 Å². The first-order valence-electron chi connectivity index (χ1n) is 11.4. The van der Waals surface area contributed by atoms with Gasteiger partial charge in [-0.15, -0.1) is 0 Å². The van der Waals surface area contributed by atoms with E-state index in [1.54, 1.807) is 12.0 Å². The van der Waals surface area contributed by atoms with Crippen LogP contribution in [0.5, 0.6) is 0 Å². The lowest BCUT2D eigenvalue weighted by Crippen LogP contribution is -2.27. The predicted octanol–water partition coefficient (Wildman–Crippen LogP) is 5.00. The standard InChI is InChI=1S/C24H19F7N6O2/c1-12(35-18-10-34-36-21(38)20(18)24(29,30)31)3-2-5-37-6-4-13-7-15(16(25)8-14(13)22(37)39)17-9-33-19(11-32-17)23(26,27)28/h4,6-12H,2-3,5H2,1H3,(H2,35,36,38)/t12-/m0/s1. The summed E-state index contributed by atoms with van der Waals surface area (Å²) in [7, 11) is 0. The summed E-state index contributed by atoms with van der Waals surface area (Å²) in [6.45, 7) is 1.76. The van der Waals surface area contributed by atoms with Crippen LogP contribution in [0.1, 0.15) is 31.0 Å². The Labute approximate surface area is 214 Å². The van der Waals surface area contributed by atoms with Gasteiger partial charge in [-0.05, 0) is 43.4 Å². The van der Waals surface area contributed by atoms with E-state index in [1.165, 1.54) is 22.9 Å². The minimum atomic E-state index is -4.88. The Bertz CT molecular complexity index is 1610. The fourth-order valence-corrected chi connectivity index (χ4v) is 3.99. The van der Waals surface area contributed by atoms with Crippen molar-refractivity contribution >= 4 is 16.5 Å². The Morgan fingerprint density at radius 2 is 1.77 bits per heavy atom. The largest absolute Gasteiger partial charge is 0.434 e. The highest BCUT2D eigenvalue weighted by molar-refractivity contribution is 5.86. The van der Waals surface area contributed by atoms with E-state index < -0.39 is 52.3 Å². The van der Waals surface area contributed by atoms with E-state index in [0.717, 1.165) is 18.5 Å². The number of anilines is 1. The summed E-state index contributed by atoms with van der Waals surface area (Å²) in [5.41, 5.74) is -5.26. The third-order valence-electron chi connectivity index (χ3n) is 5.86. The highest BCUT2D eigenvalue weighted by atomic mass is 19.4. The molecule has 0 aliphatic rings. The molecule has 0 bridgehead atoms. The molecule has 0 fully saturated rings. The minimum absolute atomic E-state index is 0.0224. The number of fused-ring (bicyclic) bond motifs is 1. The van der Waals surface area contributed by atoms with Gasteiger partial charge in [0.15, 0.2) is 5.69 Å². The van der Waals surface area contributed by atoms with Gasteiger partial charge in [-0.25, -0.2) is 14.5 Å². The topological polar surface area (TPSA) is 106 Å². The molecule has 8 nitrogen and oxygen atoms in total. The number of nitrogens with one attached hydrogen (secondary N) is 2. The first-order valence-corrected chi connectivity index (χ1v) is 11.4.